The predicted molar refractivity (Wildman–Crippen MR) is 285 cm³/mol. The standard InChI is InChI=1S/C18H24N4O3S.2C18H15P.2ClH.Pd/c1-3-26(23,24)12-16-10-17(22-8-9-25-11-13(22)2)21-18(20-16)14-4-6-15(19)7-5-14;2*1-4-10-16(11-5-1)19(17-12-6-2-7-13-17)18-14-8-3-9-15-18;;;/h4-7,10,13H,3,8-9,11-12,19H2,1-2H3;2*1-15H;2*1H;/q;;;;;+2/p-2/t13-;;;;;/m0...../s1. The molecule has 0 aliphatic carbocycles. The molecule has 1 fully saturated rings. The van der Waals surface area contributed by atoms with Gasteiger partial charge in [-0.2, -0.15) is 0 Å². The molecule has 0 spiro atoms. The summed E-state index contributed by atoms with van der Waals surface area (Å²) in [5.74, 6) is 1.21. The number of hydrogen-bond acceptors (Lipinski definition) is 7. The Labute approximate surface area is 415 Å². The number of morpholine rings is 1. The van der Waals surface area contributed by atoms with Crippen LogP contribution >= 0.6 is 34.9 Å². The van der Waals surface area contributed by atoms with E-state index in [2.05, 4.69) is 204 Å². The summed E-state index contributed by atoms with van der Waals surface area (Å²) in [7, 11) is 5.54. The number of nitrogens with two attached hydrogens (primary N) is 1. The molecule has 67 heavy (non-hydrogen) atoms. The van der Waals surface area contributed by atoms with Crippen molar-refractivity contribution in [2.75, 3.05) is 36.1 Å². The second kappa shape index (κ2) is 27.3. The van der Waals surface area contributed by atoms with Crippen LogP contribution in [0.2, 0.25) is 0 Å². The van der Waals surface area contributed by atoms with E-state index in [1.54, 1.807) is 25.1 Å². The van der Waals surface area contributed by atoms with Crippen LogP contribution in [0.15, 0.2) is 212 Å². The third-order valence-corrected chi connectivity index (χ3v) is 17.0. The minimum Gasteiger partial charge on any atom is -0.0622 e. The van der Waals surface area contributed by atoms with E-state index in [0.717, 1.165) is 11.4 Å². The Balaban J connectivity index is 0.000000163. The van der Waals surface area contributed by atoms with Crippen LogP contribution in [0, 0.1) is 0 Å². The third-order valence-electron chi connectivity index (χ3n) is 10.5. The van der Waals surface area contributed by atoms with E-state index in [1.807, 2.05) is 12.1 Å². The Morgan fingerprint density at radius 1 is 0.612 bits per heavy atom. The van der Waals surface area contributed by atoms with Crippen molar-refractivity contribution in [2.24, 2.45) is 0 Å². The number of sulfone groups is 1. The summed E-state index contributed by atoms with van der Waals surface area (Å²) in [5, 5.41) is 8.39. The van der Waals surface area contributed by atoms with Crippen molar-refractivity contribution in [1.29, 1.82) is 0 Å². The molecule has 2 N–H and O–H groups in total. The van der Waals surface area contributed by atoms with Crippen LogP contribution in [0.5, 0.6) is 0 Å². The van der Waals surface area contributed by atoms with Crippen LogP contribution in [0.3, 0.4) is 0 Å². The van der Waals surface area contributed by atoms with Crippen LogP contribution in [0.1, 0.15) is 19.5 Å². The molecular formula is C54H54Cl2N4O3P2PdS. The fourth-order valence-corrected chi connectivity index (χ4v) is 12.6. The molecular weight excluding hydrogens is 1020 g/mol. The molecule has 1 aliphatic heterocycles. The summed E-state index contributed by atoms with van der Waals surface area (Å²) >= 11 is -0.106. The minimum absolute atomic E-state index is 0.0809. The van der Waals surface area contributed by atoms with Crippen molar-refractivity contribution in [1.82, 2.24) is 9.97 Å². The number of ether oxygens (including phenoxy) is 1. The monoisotopic (exact) mass is 1080 g/mol. The second-order valence-corrected chi connectivity index (χ2v) is 24.3. The number of aromatic nitrogens is 2. The molecule has 2 heterocycles. The zero-order chi connectivity index (χ0) is 47.3. The first kappa shape index (κ1) is 51.6. The molecule has 0 bridgehead atoms. The number of benzene rings is 7. The van der Waals surface area contributed by atoms with Gasteiger partial charge in [0.1, 0.15) is 5.82 Å². The summed E-state index contributed by atoms with van der Waals surface area (Å²) in [6.07, 6.45) is 0. The maximum Gasteiger partial charge on any atom is -0.0134 e. The summed E-state index contributed by atoms with van der Waals surface area (Å²) in [6, 6.07) is 73.8. The Bertz CT molecular complexity index is 2450. The second-order valence-electron chi connectivity index (χ2n) is 15.2. The van der Waals surface area contributed by atoms with Crippen LogP contribution in [0.4, 0.5) is 11.5 Å². The van der Waals surface area contributed by atoms with Gasteiger partial charge in [-0.1, -0.05) is 189 Å². The molecule has 0 unspecified atom stereocenters. The summed E-state index contributed by atoms with van der Waals surface area (Å²) in [6.45, 7) is 5.65. The molecule has 348 valence electrons. The van der Waals surface area contributed by atoms with Crippen molar-refractivity contribution in [3.05, 3.63) is 218 Å². The van der Waals surface area contributed by atoms with Gasteiger partial charge in [0.2, 0.25) is 0 Å². The summed E-state index contributed by atoms with van der Waals surface area (Å²) in [5.41, 5.74) is 7.72. The first-order chi connectivity index (χ1) is 32.7. The number of hydrogen-bond donors (Lipinski definition) is 1. The molecule has 7 nitrogen and oxygen atoms in total. The smallest absolute Gasteiger partial charge is 0.0134 e. The molecule has 13 heteroatoms. The molecule has 1 saturated heterocycles. The zero-order valence-corrected chi connectivity index (χ0v) is 43.0. The van der Waals surface area contributed by atoms with E-state index in [-0.39, 0.29) is 33.5 Å². The van der Waals surface area contributed by atoms with Gasteiger partial charge >= 0.3 is 35.0 Å². The fraction of sp³-hybridized carbons (Fsp3) is 0.148. The number of halogens is 2. The number of nitrogens with zero attached hydrogens (tertiary/aromatic N) is 3. The Hall–Kier alpha value is -4.77. The van der Waals surface area contributed by atoms with Gasteiger partial charge in [-0.25, -0.2) is 18.4 Å². The molecule has 0 radical (unpaired) electrons. The number of nitrogen functional groups attached to an aromatic ring is 1. The first-order valence-electron chi connectivity index (χ1n) is 21.7. The van der Waals surface area contributed by atoms with Gasteiger partial charge in [0.05, 0.1) is 30.7 Å². The maximum atomic E-state index is 12.1. The Morgan fingerprint density at radius 3 is 1.30 bits per heavy atom. The van der Waals surface area contributed by atoms with E-state index < -0.39 is 25.7 Å². The van der Waals surface area contributed by atoms with E-state index in [1.165, 1.54) is 31.8 Å². The van der Waals surface area contributed by atoms with Crippen molar-refractivity contribution >= 4 is 88.1 Å². The van der Waals surface area contributed by atoms with Gasteiger partial charge in [0, 0.05) is 29.6 Å². The number of anilines is 2. The normalized spacial score (nSPS) is 13.3. The summed E-state index contributed by atoms with van der Waals surface area (Å²) < 4.78 is 29.7. The molecule has 0 saturated carbocycles. The first-order valence-corrected chi connectivity index (χ1v) is 30.2. The van der Waals surface area contributed by atoms with Crippen LogP contribution in [-0.4, -0.2) is 49.9 Å². The molecule has 8 aromatic rings. The SMILES string of the molecule is CCS(=O)(=O)Cc1cc(N2CCOC[C@@H]2C)nc(-c2ccc(N)cc2)n1.[Cl][Pd][Cl].c1ccc(P(c2ccccc2)c2ccccc2)cc1.c1ccc(P(c2ccccc2)c2ccccc2)cc1. The van der Waals surface area contributed by atoms with Crippen molar-refractivity contribution in [2.45, 2.75) is 25.6 Å². The van der Waals surface area contributed by atoms with Gasteiger partial charge in [0.15, 0.2) is 15.7 Å². The van der Waals surface area contributed by atoms with Gasteiger partial charge < -0.3 is 15.4 Å². The number of rotatable bonds is 11. The van der Waals surface area contributed by atoms with Gasteiger partial charge in [0.25, 0.3) is 0 Å². The average Bonchev–Trinajstić information content (AvgIpc) is 3.37. The largest absolute Gasteiger partial charge is 0.0622 e. The molecule has 1 atom stereocenters. The zero-order valence-electron chi connectivity index (χ0n) is 37.3. The van der Waals surface area contributed by atoms with E-state index >= 15 is 0 Å². The maximum absolute atomic E-state index is 12.1. The quantitative estimate of drug-likeness (QED) is 0.0783. The molecule has 1 aliphatic rings. The average molecular weight is 1080 g/mol. The predicted octanol–water partition coefficient (Wildman–Crippen LogP) is 10.2. The van der Waals surface area contributed by atoms with Gasteiger partial charge in [-0.15, -0.1) is 0 Å². The molecule has 7 aromatic carbocycles. The van der Waals surface area contributed by atoms with E-state index in [9.17, 15) is 8.42 Å². The van der Waals surface area contributed by atoms with E-state index in [4.69, 9.17) is 29.5 Å². The van der Waals surface area contributed by atoms with Gasteiger partial charge in [-0.3, -0.25) is 0 Å². The van der Waals surface area contributed by atoms with Crippen LogP contribution in [-0.2, 0) is 36.3 Å². The third kappa shape index (κ3) is 15.9. The van der Waals surface area contributed by atoms with Crippen LogP contribution < -0.4 is 42.5 Å². The van der Waals surface area contributed by atoms with Gasteiger partial charge in [-0.05, 0) is 78.9 Å². The van der Waals surface area contributed by atoms with Crippen LogP contribution in [0.25, 0.3) is 11.4 Å². The molecule has 0 amide bonds. The molecule has 1 aromatic heterocycles. The fourth-order valence-electron chi connectivity index (χ4n) is 7.22. The Kier molecular flexibility index (Phi) is 21.0. The molecule has 9 rings (SSSR count). The van der Waals surface area contributed by atoms with Crippen molar-refractivity contribution < 1.29 is 29.1 Å². The van der Waals surface area contributed by atoms with E-state index in [0.29, 0.717) is 37.0 Å². The topological polar surface area (TPSA) is 98.4 Å². The summed E-state index contributed by atoms with van der Waals surface area (Å²) in [4.78, 5) is 11.3. The Morgan fingerprint density at radius 2 is 0.970 bits per heavy atom. The minimum atomic E-state index is -3.19. The van der Waals surface area contributed by atoms with Crippen molar-refractivity contribution in [3.8, 4) is 11.4 Å². The van der Waals surface area contributed by atoms with Crippen molar-refractivity contribution in [3.63, 3.8) is 0 Å².